The Labute approximate surface area is 150 Å². The van der Waals surface area contributed by atoms with Crippen molar-refractivity contribution in [2.45, 2.75) is 19.4 Å². The van der Waals surface area contributed by atoms with Crippen LogP contribution in [0.1, 0.15) is 30.6 Å². The molecule has 0 amide bonds. The molecule has 0 fully saturated rings. The van der Waals surface area contributed by atoms with Gasteiger partial charge in [-0.05, 0) is 39.8 Å². The Balaban J connectivity index is 1.80. The Hall–Kier alpha value is -2.64. The summed E-state index contributed by atoms with van der Waals surface area (Å²) in [6.45, 7) is 5.94. The third-order valence-electron chi connectivity index (χ3n) is 4.64. The van der Waals surface area contributed by atoms with Crippen molar-refractivity contribution in [2.24, 2.45) is 0 Å². The van der Waals surface area contributed by atoms with Gasteiger partial charge in [-0.25, -0.2) is 0 Å². The second kappa shape index (κ2) is 7.96. The van der Waals surface area contributed by atoms with E-state index in [1.165, 1.54) is 27.8 Å². The first kappa shape index (κ1) is 17.2. The van der Waals surface area contributed by atoms with E-state index in [-0.39, 0.29) is 6.10 Å². The Morgan fingerprint density at radius 3 is 1.52 bits per heavy atom. The van der Waals surface area contributed by atoms with Crippen LogP contribution in [0.15, 0.2) is 79.4 Å². The van der Waals surface area contributed by atoms with Crippen LogP contribution in [0, 0.1) is 0 Å². The quantitative estimate of drug-likeness (QED) is 0.485. The van der Waals surface area contributed by atoms with E-state index in [9.17, 15) is 0 Å². The molecule has 0 saturated heterocycles. The fourth-order valence-corrected chi connectivity index (χ4v) is 3.10. The molecule has 126 valence electrons. The third-order valence-corrected chi connectivity index (χ3v) is 4.64. The van der Waals surface area contributed by atoms with Gasteiger partial charge in [0.15, 0.2) is 0 Å². The summed E-state index contributed by atoms with van der Waals surface area (Å²) < 4.78 is 5.51. The molecule has 3 aromatic carbocycles. The minimum atomic E-state index is 0.176. The van der Waals surface area contributed by atoms with Gasteiger partial charge in [-0.3, -0.25) is 0 Å². The van der Waals surface area contributed by atoms with Gasteiger partial charge < -0.3 is 4.74 Å². The van der Waals surface area contributed by atoms with E-state index in [1.54, 1.807) is 7.11 Å². The molecule has 0 aliphatic carbocycles. The lowest BCUT2D eigenvalue weighted by Crippen LogP contribution is -1.99. The van der Waals surface area contributed by atoms with E-state index in [1.807, 2.05) is 6.08 Å². The molecular formula is C24H24O. The van der Waals surface area contributed by atoms with Gasteiger partial charge in [0.2, 0.25) is 0 Å². The molecule has 0 aliphatic heterocycles. The minimum absolute atomic E-state index is 0.176. The normalized spacial score (nSPS) is 11.9. The van der Waals surface area contributed by atoms with Crippen LogP contribution >= 0.6 is 0 Å². The predicted molar refractivity (Wildman–Crippen MR) is 107 cm³/mol. The molecule has 1 unspecified atom stereocenters. The van der Waals surface area contributed by atoms with Gasteiger partial charge in [0.1, 0.15) is 0 Å². The summed E-state index contributed by atoms with van der Waals surface area (Å²) in [6.07, 6.45) is 3.02. The van der Waals surface area contributed by atoms with Crippen LogP contribution in [0.25, 0.3) is 28.3 Å². The van der Waals surface area contributed by atoms with Crippen molar-refractivity contribution in [3.8, 4) is 22.3 Å². The average molecular weight is 328 g/mol. The van der Waals surface area contributed by atoms with Crippen LogP contribution in [0.4, 0.5) is 0 Å². The number of methoxy groups -OCH3 is 1. The molecule has 0 N–H and O–H groups in total. The highest BCUT2D eigenvalue weighted by atomic mass is 16.5. The first-order chi connectivity index (χ1) is 12.2. The number of hydrogen-bond acceptors (Lipinski definition) is 1. The molecule has 3 rings (SSSR count). The highest BCUT2D eigenvalue weighted by molar-refractivity contribution is 5.71. The van der Waals surface area contributed by atoms with Gasteiger partial charge in [0.05, 0.1) is 6.10 Å². The molecule has 0 bridgehead atoms. The summed E-state index contributed by atoms with van der Waals surface area (Å²) in [6, 6.07) is 25.8. The van der Waals surface area contributed by atoms with Crippen molar-refractivity contribution < 1.29 is 4.74 Å². The maximum absolute atomic E-state index is 5.51. The fraction of sp³-hybridized carbons (Fsp3) is 0.167. The topological polar surface area (TPSA) is 9.23 Å². The maximum atomic E-state index is 5.51. The lowest BCUT2D eigenvalue weighted by atomic mass is 9.98. The van der Waals surface area contributed by atoms with Crippen molar-refractivity contribution in [3.05, 3.63) is 90.5 Å². The monoisotopic (exact) mass is 328 g/mol. The van der Waals surface area contributed by atoms with Gasteiger partial charge in [0.25, 0.3) is 0 Å². The summed E-state index contributed by atoms with van der Waals surface area (Å²) in [5, 5.41) is 0. The van der Waals surface area contributed by atoms with Gasteiger partial charge in [0, 0.05) is 7.11 Å². The molecule has 0 heterocycles. The van der Waals surface area contributed by atoms with E-state index >= 15 is 0 Å². The molecule has 0 radical (unpaired) electrons. The van der Waals surface area contributed by atoms with Gasteiger partial charge >= 0.3 is 0 Å². The lowest BCUT2D eigenvalue weighted by molar-refractivity contribution is 0.100. The van der Waals surface area contributed by atoms with Crippen LogP contribution in [-0.2, 0) is 4.74 Å². The predicted octanol–water partition coefficient (Wildman–Crippen LogP) is 6.76. The van der Waals surface area contributed by atoms with Crippen molar-refractivity contribution in [1.82, 2.24) is 0 Å². The standard InChI is InChI=1S/C24H24O/c1-4-18-6-8-19(9-7-18)20-10-12-21(13-11-20)22-14-16-23(17-15-22)24(5-2)25-3/h4,6-17,24H,1,5H2,2-3H3. The van der Waals surface area contributed by atoms with E-state index in [0.717, 1.165) is 12.0 Å². The van der Waals surface area contributed by atoms with Crippen LogP contribution in [0.5, 0.6) is 0 Å². The van der Waals surface area contributed by atoms with Crippen LogP contribution in [0.3, 0.4) is 0 Å². The van der Waals surface area contributed by atoms with Crippen molar-refractivity contribution in [2.75, 3.05) is 7.11 Å². The first-order valence-corrected chi connectivity index (χ1v) is 8.71. The first-order valence-electron chi connectivity index (χ1n) is 8.71. The summed E-state index contributed by atoms with van der Waals surface area (Å²) in [5.41, 5.74) is 7.26. The van der Waals surface area contributed by atoms with Crippen LogP contribution in [0.2, 0.25) is 0 Å². The van der Waals surface area contributed by atoms with Crippen molar-refractivity contribution in [3.63, 3.8) is 0 Å². The molecule has 3 aromatic rings. The molecule has 0 aromatic heterocycles. The van der Waals surface area contributed by atoms with E-state index in [2.05, 4.69) is 86.3 Å². The highest BCUT2D eigenvalue weighted by Gasteiger charge is 2.08. The third kappa shape index (κ3) is 3.89. The lowest BCUT2D eigenvalue weighted by Gasteiger charge is -2.14. The Bertz CT molecular complexity index is 807. The van der Waals surface area contributed by atoms with Crippen LogP contribution < -0.4 is 0 Å². The largest absolute Gasteiger partial charge is 0.377 e. The van der Waals surface area contributed by atoms with Gasteiger partial charge in [-0.1, -0.05) is 92.4 Å². The molecule has 1 nitrogen and oxygen atoms in total. The maximum Gasteiger partial charge on any atom is 0.0818 e. The van der Waals surface area contributed by atoms with Crippen molar-refractivity contribution >= 4 is 6.08 Å². The van der Waals surface area contributed by atoms with Crippen molar-refractivity contribution in [1.29, 1.82) is 0 Å². The molecule has 25 heavy (non-hydrogen) atoms. The van der Waals surface area contributed by atoms with Crippen LogP contribution in [-0.4, -0.2) is 7.11 Å². The molecule has 1 atom stereocenters. The second-order valence-electron chi connectivity index (χ2n) is 6.16. The Morgan fingerprint density at radius 2 is 1.16 bits per heavy atom. The highest BCUT2D eigenvalue weighted by Crippen LogP contribution is 2.27. The minimum Gasteiger partial charge on any atom is -0.377 e. The zero-order valence-electron chi connectivity index (χ0n) is 14.9. The molecule has 0 aliphatic rings. The zero-order chi connectivity index (χ0) is 17.6. The van der Waals surface area contributed by atoms with Gasteiger partial charge in [-0.15, -0.1) is 0 Å². The molecule has 1 heteroatoms. The smallest absolute Gasteiger partial charge is 0.0818 e. The van der Waals surface area contributed by atoms with E-state index in [0.29, 0.717) is 0 Å². The second-order valence-corrected chi connectivity index (χ2v) is 6.16. The SMILES string of the molecule is C=Cc1ccc(-c2ccc(-c3ccc(C(CC)OC)cc3)cc2)cc1. The van der Waals surface area contributed by atoms with Gasteiger partial charge in [-0.2, -0.15) is 0 Å². The van der Waals surface area contributed by atoms with E-state index in [4.69, 9.17) is 4.74 Å². The molecule has 0 spiro atoms. The molecular weight excluding hydrogens is 304 g/mol. The summed E-state index contributed by atoms with van der Waals surface area (Å²) in [7, 11) is 1.77. The average Bonchev–Trinajstić information content (AvgIpc) is 2.70. The summed E-state index contributed by atoms with van der Waals surface area (Å²) in [4.78, 5) is 0. The molecule has 0 saturated carbocycles. The fourth-order valence-electron chi connectivity index (χ4n) is 3.10. The number of rotatable bonds is 6. The number of ether oxygens (including phenoxy) is 1. The zero-order valence-corrected chi connectivity index (χ0v) is 14.9. The van der Waals surface area contributed by atoms with E-state index < -0.39 is 0 Å². The Morgan fingerprint density at radius 1 is 0.760 bits per heavy atom. The number of benzene rings is 3. The number of hydrogen-bond donors (Lipinski definition) is 0. The summed E-state index contributed by atoms with van der Waals surface area (Å²) >= 11 is 0. The summed E-state index contributed by atoms with van der Waals surface area (Å²) in [5.74, 6) is 0. The Kier molecular flexibility index (Phi) is 5.47.